The van der Waals surface area contributed by atoms with Gasteiger partial charge in [-0.05, 0) is 35.6 Å². The normalized spacial score (nSPS) is 19.4. The van der Waals surface area contributed by atoms with E-state index in [2.05, 4.69) is 0 Å². The fraction of sp³-hybridized carbons (Fsp3) is 0.348. The van der Waals surface area contributed by atoms with Crippen molar-refractivity contribution in [2.24, 2.45) is 5.92 Å². The second-order valence-corrected chi connectivity index (χ2v) is 7.04. The van der Waals surface area contributed by atoms with Crippen LogP contribution in [0, 0.1) is 5.92 Å². The largest absolute Gasteiger partial charge is 0.493 e. The Balaban J connectivity index is 1.63. The summed E-state index contributed by atoms with van der Waals surface area (Å²) >= 11 is 0. The van der Waals surface area contributed by atoms with Crippen molar-refractivity contribution in [2.75, 3.05) is 14.2 Å². The molecule has 0 bridgehead atoms. The number of carbonyl (C=O) groups is 3. The summed E-state index contributed by atoms with van der Waals surface area (Å²) in [5, 5.41) is 0. The van der Waals surface area contributed by atoms with E-state index in [0.29, 0.717) is 17.9 Å². The average Bonchev–Trinajstić information content (AvgIpc) is 2.72. The predicted octanol–water partition coefficient (Wildman–Crippen LogP) is 3.54. The topological polar surface area (TPSA) is 69.7 Å². The third-order valence-electron chi connectivity index (χ3n) is 5.24. The number of ether oxygens (including phenoxy) is 2. The molecule has 0 aliphatic heterocycles. The molecule has 146 valence electrons. The highest BCUT2D eigenvalue weighted by Gasteiger charge is 2.39. The zero-order chi connectivity index (χ0) is 20.1. The van der Waals surface area contributed by atoms with E-state index >= 15 is 0 Å². The van der Waals surface area contributed by atoms with Crippen molar-refractivity contribution in [3.63, 3.8) is 0 Å². The van der Waals surface area contributed by atoms with Crippen molar-refractivity contribution in [3.8, 4) is 11.5 Å². The third kappa shape index (κ3) is 4.30. The lowest BCUT2D eigenvalue weighted by Crippen LogP contribution is -2.38. The smallest absolute Gasteiger partial charge is 0.160 e. The van der Waals surface area contributed by atoms with Gasteiger partial charge in [-0.25, -0.2) is 0 Å². The zero-order valence-electron chi connectivity index (χ0n) is 16.1. The number of hydrogen-bond donors (Lipinski definition) is 0. The highest BCUT2D eigenvalue weighted by atomic mass is 16.5. The summed E-state index contributed by atoms with van der Waals surface area (Å²) in [7, 11) is 3.11. The summed E-state index contributed by atoms with van der Waals surface area (Å²) < 4.78 is 10.5. The van der Waals surface area contributed by atoms with Gasteiger partial charge in [0.1, 0.15) is 5.92 Å². The molecule has 0 saturated heterocycles. The number of methoxy groups -OCH3 is 2. The minimum Gasteiger partial charge on any atom is -0.493 e. The quantitative estimate of drug-likeness (QED) is 0.687. The van der Waals surface area contributed by atoms with Gasteiger partial charge < -0.3 is 9.47 Å². The Kier molecular flexibility index (Phi) is 6.24. The molecule has 2 aromatic carbocycles. The molecule has 0 unspecified atom stereocenters. The molecule has 0 aromatic heterocycles. The molecule has 5 heteroatoms. The summed E-state index contributed by atoms with van der Waals surface area (Å²) in [6.07, 6.45) is 1.07. The van der Waals surface area contributed by atoms with Gasteiger partial charge in [0.05, 0.1) is 14.2 Å². The first-order valence-corrected chi connectivity index (χ1v) is 9.37. The van der Waals surface area contributed by atoms with Crippen LogP contribution in [0.1, 0.15) is 36.3 Å². The predicted molar refractivity (Wildman–Crippen MR) is 105 cm³/mol. The Hall–Kier alpha value is -2.95. The van der Waals surface area contributed by atoms with Gasteiger partial charge in [0.15, 0.2) is 28.8 Å². The standard InChI is InChI=1S/C23H24O5/c1-27-21-11-9-15(12-22(21)28-2)8-10-18(24)23-19(25)13-17(14-20(23)26)16-6-4-3-5-7-16/h3-7,9,11-12,17,23H,8,10,13-14H2,1-2H3. The van der Waals surface area contributed by atoms with Gasteiger partial charge in [0, 0.05) is 19.3 Å². The monoisotopic (exact) mass is 380 g/mol. The van der Waals surface area contributed by atoms with E-state index in [1.54, 1.807) is 20.3 Å². The lowest BCUT2D eigenvalue weighted by Gasteiger charge is -2.26. The zero-order valence-corrected chi connectivity index (χ0v) is 16.1. The van der Waals surface area contributed by atoms with E-state index in [1.807, 2.05) is 42.5 Å². The van der Waals surface area contributed by atoms with Crippen molar-refractivity contribution < 1.29 is 23.9 Å². The first-order chi connectivity index (χ1) is 13.5. The molecule has 28 heavy (non-hydrogen) atoms. The van der Waals surface area contributed by atoms with Gasteiger partial charge in [0.2, 0.25) is 0 Å². The van der Waals surface area contributed by atoms with Crippen LogP contribution in [0.25, 0.3) is 0 Å². The van der Waals surface area contributed by atoms with Crippen LogP contribution in [-0.2, 0) is 20.8 Å². The van der Waals surface area contributed by atoms with E-state index in [0.717, 1.165) is 11.1 Å². The molecular weight excluding hydrogens is 356 g/mol. The molecule has 0 radical (unpaired) electrons. The fourth-order valence-electron chi connectivity index (χ4n) is 3.74. The molecule has 0 spiro atoms. The molecule has 2 aromatic rings. The van der Waals surface area contributed by atoms with Crippen LogP contribution in [0.2, 0.25) is 0 Å². The summed E-state index contributed by atoms with van der Waals surface area (Å²) in [4.78, 5) is 37.7. The summed E-state index contributed by atoms with van der Waals surface area (Å²) in [5.41, 5.74) is 1.87. The van der Waals surface area contributed by atoms with Crippen LogP contribution in [0.4, 0.5) is 0 Å². The molecular formula is C23H24O5. The van der Waals surface area contributed by atoms with Crippen LogP contribution in [0.15, 0.2) is 48.5 Å². The number of Topliss-reactive ketones (excluding diaryl/α,β-unsaturated/α-hetero) is 3. The highest BCUT2D eigenvalue weighted by molar-refractivity contribution is 6.21. The van der Waals surface area contributed by atoms with Gasteiger partial charge in [-0.15, -0.1) is 0 Å². The van der Waals surface area contributed by atoms with Crippen LogP contribution < -0.4 is 9.47 Å². The third-order valence-corrected chi connectivity index (χ3v) is 5.24. The van der Waals surface area contributed by atoms with Crippen molar-refractivity contribution >= 4 is 17.3 Å². The van der Waals surface area contributed by atoms with Crippen LogP contribution >= 0.6 is 0 Å². The second kappa shape index (κ2) is 8.83. The minimum absolute atomic E-state index is 0.129. The Morgan fingerprint density at radius 3 is 2.18 bits per heavy atom. The van der Waals surface area contributed by atoms with Gasteiger partial charge >= 0.3 is 0 Å². The lowest BCUT2D eigenvalue weighted by atomic mass is 9.74. The van der Waals surface area contributed by atoms with E-state index in [9.17, 15) is 14.4 Å². The molecule has 0 atom stereocenters. The molecule has 0 amide bonds. The lowest BCUT2D eigenvalue weighted by molar-refractivity contribution is -0.142. The van der Waals surface area contributed by atoms with Gasteiger partial charge in [-0.3, -0.25) is 14.4 Å². The maximum Gasteiger partial charge on any atom is 0.160 e. The van der Waals surface area contributed by atoms with Crippen molar-refractivity contribution in [1.29, 1.82) is 0 Å². The number of hydrogen-bond acceptors (Lipinski definition) is 5. The van der Waals surface area contributed by atoms with Crippen molar-refractivity contribution in [2.45, 2.75) is 31.6 Å². The maximum atomic E-state index is 12.6. The van der Waals surface area contributed by atoms with Crippen LogP contribution in [0.5, 0.6) is 11.5 Å². The molecule has 1 aliphatic carbocycles. The molecule has 0 heterocycles. The number of carbonyl (C=O) groups excluding carboxylic acids is 3. The highest BCUT2D eigenvalue weighted by Crippen LogP contribution is 2.33. The SMILES string of the molecule is COc1ccc(CCC(=O)C2C(=O)CC(c3ccccc3)CC2=O)cc1OC. The van der Waals surface area contributed by atoms with Gasteiger partial charge in [-0.1, -0.05) is 36.4 Å². The number of benzene rings is 2. The Labute approximate surface area is 164 Å². The Bertz CT molecular complexity index is 854. The van der Waals surface area contributed by atoms with E-state index < -0.39 is 5.92 Å². The molecule has 1 fully saturated rings. The molecule has 5 nitrogen and oxygen atoms in total. The van der Waals surface area contributed by atoms with Gasteiger partial charge in [0.25, 0.3) is 0 Å². The van der Waals surface area contributed by atoms with Crippen molar-refractivity contribution in [1.82, 2.24) is 0 Å². The Morgan fingerprint density at radius 1 is 0.929 bits per heavy atom. The molecule has 3 rings (SSSR count). The molecule has 1 saturated carbocycles. The number of ketones is 3. The van der Waals surface area contributed by atoms with Crippen LogP contribution in [-0.4, -0.2) is 31.6 Å². The van der Waals surface area contributed by atoms with E-state index in [-0.39, 0.29) is 42.5 Å². The minimum atomic E-state index is -1.11. The summed E-state index contributed by atoms with van der Waals surface area (Å²) in [6, 6.07) is 15.0. The number of aryl methyl sites for hydroxylation is 1. The summed E-state index contributed by atoms with van der Waals surface area (Å²) in [6.45, 7) is 0. The van der Waals surface area contributed by atoms with Crippen molar-refractivity contribution in [3.05, 3.63) is 59.7 Å². The van der Waals surface area contributed by atoms with Gasteiger partial charge in [-0.2, -0.15) is 0 Å². The maximum absolute atomic E-state index is 12.6. The van der Waals surface area contributed by atoms with E-state index in [4.69, 9.17) is 9.47 Å². The second-order valence-electron chi connectivity index (χ2n) is 7.04. The molecule has 1 aliphatic rings. The first kappa shape index (κ1) is 19.8. The van der Waals surface area contributed by atoms with Crippen LogP contribution in [0.3, 0.4) is 0 Å². The molecule has 0 N–H and O–H groups in total. The fourth-order valence-corrected chi connectivity index (χ4v) is 3.74. The van der Waals surface area contributed by atoms with E-state index in [1.165, 1.54) is 0 Å². The number of rotatable bonds is 7. The first-order valence-electron chi connectivity index (χ1n) is 9.37. The average molecular weight is 380 g/mol. The summed E-state index contributed by atoms with van der Waals surface area (Å²) in [5.74, 6) is -0.859. The Morgan fingerprint density at radius 2 is 1.57 bits per heavy atom.